The Morgan fingerprint density at radius 1 is 0.714 bits per heavy atom. The lowest BCUT2D eigenvalue weighted by atomic mass is 9.92. The Bertz CT molecular complexity index is 1410. The molecule has 3 aromatic rings. The van der Waals surface area contributed by atoms with Crippen molar-refractivity contribution in [3.05, 3.63) is 71.8 Å². The first-order chi connectivity index (χ1) is 19.1. The number of likely N-dealkylation sites (N-methyl/N-ethyl adjacent to an activating group) is 2. The van der Waals surface area contributed by atoms with E-state index in [0.717, 1.165) is 0 Å². The second-order valence-corrected chi connectivity index (χ2v) is 9.45. The van der Waals surface area contributed by atoms with E-state index in [-0.39, 0.29) is 77.2 Å². The van der Waals surface area contributed by atoms with E-state index in [4.69, 9.17) is 20.5 Å². The van der Waals surface area contributed by atoms with Crippen LogP contribution in [0.1, 0.15) is 20.7 Å². The Balaban J connectivity index is 0.00000441. The number of benzene rings is 3. The number of ether oxygens (including phenoxy) is 2. The van der Waals surface area contributed by atoms with E-state index in [9.17, 15) is 19.8 Å². The number of phenols is 2. The van der Waals surface area contributed by atoms with E-state index in [1.165, 1.54) is 30.3 Å². The van der Waals surface area contributed by atoms with E-state index < -0.39 is 24.4 Å². The molecule has 0 amide bonds. The number of carbonyl (C=O) groups excluding carboxylic acids is 2. The Labute approximate surface area is 256 Å². The fraction of sp³-hybridized carbons (Fsp3) is 0.286. The summed E-state index contributed by atoms with van der Waals surface area (Å²) in [5.74, 6) is -2.23. The van der Waals surface area contributed by atoms with Gasteiger partial charge in [0.25, 0.3) is 0 Å². The fourth-order valence-electron chi connectivity index (χ4n) is 4.05. The monoisotopic (exact) mass is 620 g/mol. The number of esters is 2. The summed E-state index contributed by atoms with van der Waals surface area (Å²) in [4.78, 5) is 29.6. The van der Waals surface area contributed by atoms with Crippen molar-refractivity contribution in [3.8, 4) is 33.8 Å². The van der Waals surface area contributed by atoms with Crippen LogP contribution in [0.25, 0.3) is 22.3 Å². The van der Waals surface area contributed by atoms with E-state index in [1.54, 1.807) is 68.3 Å². The Morgan fingerprint density at radius 3 is 1.60 bits per heavy atom. The minimum Gasteiger partial charge on any atom is -0.507 e. The van der Waals surface area contributed by atoms with Crippen LogP contribution in [-0.4, -0.2) is 85.7 Å². The highest BCUT2D eigenvalue weighted by atomic mass is 35.5. The van der Waals surface area contributed by atoms with Gasteiger partial charge in [0.1, 0.15) is 11.5 Å². The molecule has 0 aliphatic rings. The maximum atomic E-state index is 13.1. The number of hydrogen-bond acceptors (Lipinski definition) is 12. The molecule has 3 rings (SSSR count). The van der Waals surface area contributed by atoms with Crippen molar-refractivity contribution in [1.29, 1.82) is 11.1 Å². The summed E-state index contributed by atoms with van der Waals surface area (Å²) in [7, 11) is 7.01. The molecule has 0 saturated heterocycles. The molecular formula is C28H34Cl2N6O6. The fourth-order valence-corrected chi connectivity index (χ4v) is 4.05. The van der Waals surface area contributed by atoms with Gasteiger partial charge in [0.05, 0.1) is 29.8 Å². The van der Waals surface area contributed by atoms with E-state index in [0.29, 0.717) is 5.56 Å². The lowest BCUT2D eigenvalue weighted by Crippen LogP contribution is -2.28. The Morgan fingerprint density at radius 2 is 1.14 bits per heavy atom. The van der Waals surface area contributed by atoms with Crippen molar-refractivity contribution >= 4 is 36.8 Å². The summed E-state index contributed by atoms with van der Waals surface area (Å²) in [6.07, 6.45) is -2.07. The standard InChI is InChI=1S/C28H32N6O6.2ClH/c1-33(2)15-23(31-29)39-27(37)20-11-7-5-9-17(20)19-13-14-22(35)25(26(19)36)18-10-6-8-12-21(18)28(38)40-24(32-30)16-34(3)4;;/h5-14,23-24,29-30,35-36H,15-16H2,1-4H3;2*1H. The van der Waals surface area contributed by atoms with Crippen molar-refractivity contribution in [3.63, 3.8) is 0 Å². The largest absolute Gasteiger partial charge is 0.507 e. The summed E-state index contributed by atoms with van der Waals surface area (Å²) in [5, 5.41) is 28.9. The van der Waals surface area contributed by atoms with E-state index in [1.807, 2.05) is 0 Å². The normalized spacial score (nSPS) is 12.0. The van der Waals surface area contributed by atoms with Gasteiger partial charge in [-0.25, -0.2) is 20.7 Å². The molecule has 0 heterocycles. The number of nitrogens with one attached hydrogen (secondary N) is 2. The average molecular weight is 622 g/mol. The molecule has 0 spiro atoms. The van der Waals surface area contributed by atoms with Crippen molar-refractivity contribution in [2.45, 2.75) is 12.5 Å². The quantitative estimate of drug-likeness (QED) is 0.153. The highest BCUT2D eigenvalue weighted by Gasteiger charge is 2.26. The van der Waals surface area contributed by atoms with E-state index in [2.05, 4.69) is 10.2 Å². The minimum atomic E-state index is -1.05. The predicted octanol–water partition coefficient (Wildman–Crippen LogP) is 5.43. The van der Waals surface area contributed by atoms with Crippen LogP contribution in [0.15, 0.2) is 70.9 Å². The summed E-state index contributed by atoms with van der Waals surface area (Å²) in [6, 6.07) is 15.4. The average Bonchev–Trinajstić information content (AvgIpc) is 2.92. The van der Waals surface area contributed by atoms with Gasteiger partial charge in [-0.05, 0) is 58.0 Å². The maximum Gasteiger partial charge on any atom is 0.340 e. The van der Waals surface area contributed by atoms with Gasteiger partial charge in [-0.3, -0.25) is 0 Å². The Kier molecular flexibility index (Phi) is 14.0. The first kappa shape index (κ1) is 35.9. The summed E-state index contributed by atoms with van der Waals surface area (Å²) in [6.45, 7) is 0.404. The second kappa shape index (κ2) is 16.4. The van der Waals surface area contributed by atoms with Crippen molar-refractivity contribution < 1.29 is 29.3 Å². The maximum absolute atomic E-state index is 13.1. The summed E-state index contributed by atoms with van der Waals surface area (Å²) in [5.41, 5.74) is 15.5. The highest BCUT2D eigenvalue weighted by Crippen LogP contribution is 2.45. The second-order valence-electron chi connectivity index (χ2n) is 9.45. The molecule has 0 radical (unpaired) electrons. The molecule has 0 saturated carbocycles. The van der Waals surface area contributed by atoms with Gasteiger partial charge in [-0.15, -0.1) is 24.8 Å². The molecule has 0 aliphatic heterocycles. The van der Waals surface area contributed by atoms with Crippen LogP contribution in [0, 0.1) is 11.1 Å². The van der Waals surface area contributed by atoms with Crippen LogP contribution in [0.4, 0.5) is 0 Å². The SMILES string of the molecule is CN(C)CC(N=N)OC(=O)c1ccccc1-c1ccc(O)c(-c2ccccc2C(=O)OC(CN(C)C)N=N)c1O.Cl.Cl. The molecule has 4 N–H and O–H groups in total. The first-order valence-electron chi connectivity index (χ1n) is 12.3. The molecule has 3 aromatic carbocycles. The van der Waals surface area contributed by atoms with Crippen LogP contribution >= 0.6 is 24.8 Å². The number of nitrogens with zero attached hydrogens (tertiary/aromatic N) is 4. The topological polar surface area (TPSA) is 172 Å². The zero-order chi connectivity index (χ0) is 29.4. The van der Waals surface area contributed by atoms with Crippen LogP contribution in [0.5, 0.6) is 11.5 Å². The molecule has 0 fully saturated rings. The minimum absolute atomic E-state index is 0. The predicted molar refractivity (Wildman–Crippen MR) is 161 cm³/mol. The zero-order valence-electron chi connectivity index (χ0n) is 23.5. The van der Waals surface area contributed by atoms with Gasteiger partial charge in [0.2, 0.25) is 12.5 Å². The molecule has 0 bridgehead atoms. The number of rotatable bonds is 12. The number of hydrogen-bond donors (Lipinski definition) is 4. The molecule has 0 aromatic heterocycles. The van der Waals surface area contributed by atoms with Crippen LogP contribution < -0.4 is 0 Å². The van der Waals surface area contributed by atoms with Gasteiger partial charge in [0, 0.05) is 11.1 Å². The van der Waals surface area contributed by atoms with Gasteiger partial charge in [-0.1, -0.05) is 36.4 Å². The molecule has 0 aliphatic carbocycles. The molecular weight excluding hydrogens is 587 g/mol. The lowest BCUT2D eigenvalue weighted by Gasteiger charge is -2.19. The molecule has 14 heteroatoms. The summed E-state index contributed by atoms with van der Waals surface area (Å²) < 4.78 is 10.8. The van der Waals surface area contributed by atoms with Crippen molar-refractivity contribution in [2.75, 3.05) is 41.3 Å². The first-order valence-corrected chi connectivity index (χ1v) is 12.3. The smallest absolute Gasteiger partial charge is 0.340 e. The van der Waals surface area contributed by atoms with Crippen molar-refractivity contribution in [1.82, 2.24) is 9.80 Å². The molecule has 2 unspecified atom stereocenters. The lowest BCUT2D eigenvalue weighted by molar-refractivity contribution is 0.0231. The van der Waals surface area contributed by atoms with Gasteiger partial charge in [0.15, 0.2) is 0 Å². The van der Waals surface area contributed by atoms with Crippen LogP contribution in [0.2, 0.25) is 0 Å². The zero-order valence-corrected chi connectivity index (χ0v) is 25.1. The number of halogens is 2. The molecule has 226 valence electrons. The number of phenolic OH excluding ortho intramolecular Hbond substituents is 2. The molecule has 2 atom stereocenters. The third kappa shape index (κ3) is 8.70. The molecule has 42 heavy (non-hydrogen) atoms. The highest BCUT2D eigenvalue weighted by molar-refractivity contribution is 6.02. The van der Waals surface area contributed by atoms with Crippen molar-refractivity contribution in [2.24, 2.45) is 10.2 Å². The summed E-state index contributed by atoms with van der Waals surface area (Å²) >= 11 is 0. The van der Waals surface area contributed by atoms with Crippen LogP contribution in [-0.2, 0) is 9.47 Å². The van der Waals surface area contributed by atoms with Crippen LogP contribution in [0.3, 0.4) is 0 Å². The molecule has 12 nitrogen and oxygen atoms in total. The van der Waals surface area contributed by atoms with Gasteiger partial charge >= 0.3 is 11.9 Å². The number of aromatic hydroxyl groups is 2. The van der Waals surface area contributed by atoms with E-state index >= 15 is 0 Å². The third-order valence-electron chi connectivity index (χ3n) is 5.83. The third-order valence-corrected chi connectivity index (χ3v) is 5.83. The number of carbonyl (C=O) groups is 2. The van der Waals surface area contributed by atoms with Gasteiger partial charge < -0.3 is 29.5 Å². The van der Waals surface area contributed by atoms with Gasteiger partial charge in [-0.2, -0.15) is 10.2 Å². The Hall–Kier alpha value is -4.10.